The molecule has 0 aliphatic rings. The van der Waals surface area contributed by atoms with Crippen LogP contribution >= 0.6 is 0 Å². The first kappa shape index (κ1) is 65.5. The van der Waals surface area contributed by atoms with Crippen molar-refractivity contribution in [3.63, 3.8) is 0 Å². The molecule has 27 heteroatoms. The molecule has 0 aliphatic heterocycles. The van der Waals surface area contributed by atoms with Crippen LogP contribution in [-0.4, -0.2) is 86.3 Å². The average molecular weight is 627 g/mol. The minimum absolute atomic E-state index is 0. The van der Waals surface area contributed by atoms with Gasteiger partial charge in [-0.15, -0.1) is 20.0 Å². The van der Waals surface area contributed by atoms with Gasteiger partial charge in [0, 0.05) is 20.2 Å². The number of hydrogen-bond donors (Lipinski definition) is 0. The summed E-state index contributed by atoms with van der Waals surface area (Å²) in [7, 11) is -16.5. The Morgan fingerprint density at radius 3 is 0.741 bits per heavy atom. The van der Waals surface area contributed by atoms with Gasteiger partial charge >= 0.3 is 294 Å². The van der Waals surface area contributed by atoms with Crippen LogP contribution in [0.4, 0.5) is 0 Å². The quantitative estimate of drug-likeness (QED) is 0.0532. The summed E-state index contributed by atoms with van der Waals surface area (Å²) in [5, 5.41) is 0. The van der Waals surface area contributed by atoms with E-state index in [4.69, 9.17) is 30.8 Å². The summed E-state index contributed by atoms with van der Waals surface area (Å²) in [4.78, 5) is 0. The van der Waals surface area contributed by atoms with E-state index in [1.54, 1.807) is 0 Å². The Labute approximate surface area is 399 Å². The number of hydrogen-bond acceptors (Lipinski definition) is 15. The molecule has 0 heterocycles. The van der Waals surface area contributed by atoms with Crippen LogP contribution in [0.3, 0.4) is 0 Å². The van der Waals surface area contributed by atoms with Gasteiger partial charge in [0.15, 0.2) is 0 Å². The van der Waals surface area contributed by atoms with Crippen LogP contribution in [0, 0.1) is 0 Å². The van der Waals surface area contributed by atoms with Gasteiger partial charge in [0.25, 0.3) is 0 Å². The molecule has 0 N–H and O–H groups in total. The van der Waals surface area contributed by atoms with E-state index in [9.17, 15) is 25.9 Å². The van der Waals surface area contributed by atoms with Gasteiger partial charge in [0.05, 0.1) is 0 Å². The molecule has 0 bridgehead atoms. The van der Waals surface area contributed by atoms with Crippen LogP contribution in [-0.2, 0) is 61.1 Å². The maximum absolute atomic E-state index is 9.37. The fourth-order valence-electron chi connectivity index (χ4n) is 0.0680. The van der Waals surface area contributed by atoms with Crippen molar-refractivity contribution in [1.82, 2.24) is 0 Å². The van der Waals surface area contributed by atoms with Gasteiger partial charge in [-0.3, -0.25) is 12.6 Å². The first-order valence-electron chi connectivity index (χ1n) is 2.83. The van der Waals surface area contributed by atoms with Crippen LogP contribution in [0.1, 0.15) is 0 Å². The third-order valence-corrected chi connectivity index (χ3v) is 1.75. The predicted octanol–water partition coefficient (Wildman–Crippen LogP) is -23.1. The van der Waals surface area contributed by atoms with Crippen molar-refractivity contribution in [3.05, 3.63) is 0 Å². The minimum atomic E-state index is -5.31. The van der Waals surface area contributed by atoms with Gasteiger partial charge < -0.3 is 27.3 Å². The molecule has 0 rings (SSSR count). The fourth-order valence-corrected chi connectivity index (χ4v) is 0.612. The van der Waals surface area contributed by atoms with Gasteiger partial charge in [-0.2, -0.15) is 0 Å². The predicted molar refractivity (Wildman–Crippen MR) is 56.3 cm³/mol. The first-order valence-corrected chi connectivity index (χ1v) is 9.17. The van der Waals surface area contributed by atoms with E-state index in [1.165, 1.54) is 0 Å². The van der Waals surface area contributed by atoms with Crippen LogP contribution in [0.15, 0.2) is 0 Å². The van der Waals surface area contributed by atoms with Gasteiger partial charge in [-0.25, -0.2) is 16.8 Å². The SMILES string of the molecule is O=S(=O)([O-])OOS(=O)(=O)[O-].O=S([O-])S(=O)[O-].O=S([O-])[O-].[K+].[K+].[K+].[K+].[Na+].[Na+].[NaH]. The summed E-state index contributed by atoms with van der Waals surface area (Å²) in [5.74, 6) is 0. The summed E-state index contributed by atoms with van der Waals surface area (Å²) in [6.45, 7) is 0. The second-order valence-electron chi connectivity index (χ2n) is 1.56. The molecule has 2 atom stereocenters. The molecule has 2 unspecified atom stereocenters. The van der Waals surface area contributed by atoms with Crippen molar-refractivity contribution in [1.29, 1.82) is 0 Å². The molecule has 0 fully saturated rings. The van der Waals surface area contributed by atoms with E-state index in [0.29, 0.717) is 0 Å². The Morgan fingerprint density at radius 2 is 0.704 bits per heavy atom. The van der Waals surface area contributed by atoms with Gasteiger partial charge in [0.1, 0.15) is 0 Å². The Morgan fingerprint density at radius 1 is 0.593 bits per heavy atom. The van der Waals surface area contributed by atoms with E-state index in [-0.39, 0.29) is 294 Å². The van der Waals surface area contributed by atoms with Crippen molar-refractivity contribution in [3.8, 4) is 0 Å². The molecular weight excluding hydrogens is 626 g/mol. The van der Waals surface area contributed by atoms with E-state index in [0.717, 1.165) is 0 Å². The van der Waals surface area contributed by atoms with Crippen LogP contribution in [0.2, 0.25) is 0 Å². The van der Waals surface area contributed by atoms with Gasteiger partial charge in [-0.05, 0) is 0 Å². The molecule has 0 aromatic carbocycles. The molecule has 27 heavy (non-hydrogen) atoms. The van der Waals surface area contributed by atoms with Crippen LogP contribution < -0.4 is 265 Å². The summed E-state index contributed by atoms with van der Waals surface area (Å²) < 4.78 is 123. The summed E-state index contributed by atoms with van der Waals surface area (Å²) in [6, 6.07) is 0. The normalized spacial score (nSPS) is 10.6. The molecular formula is HK4Na3O15S5. The van der Waals surface area contributed by atoms with Crippen molar-refractivity contribution < 1.29 is 330 Å². The van der Waals surface area contributed by atoms with E-state index in [1.807, 2.05) is 0 Å². The molecule has 0 saturated heterocycles. The van der Waals surface area contributed by atoms with E-state index < -0.39 is 52.4 Å². The summed E-state index contributed by atoms with van der Waals surface area (Å²) in [5.41, 5.74) is 0. The molecule has 0 saturated carbocycles. The van der Waals surface area contributed by atoms with E-state index >= 15 is 0 Å². The molecule has 0 aliphatic carbocycles. The van der Waals surface area contributed by atoms with E-state index in [2.05, 4.69) is 8.67 Å². The number of rotatable bonds is 4. The Bertz CT molecular complexity index is 498. The second kappa shape index (κ2) is 40.1. The molecule has 128 valence electrons. The zero-order valence-corrected chi connectivity index (χ0v) is 34.7. The third-order valence-electron chi connectivity index (χ3n) is 0.306. The topological polar surface area (TPSA) is 276 Å². The molecule has 0 aromatic rings. The Kier molecular flexibility index (Phi) is 97.3. The van der Waals surface area contributed by atoms with Crippen LogP contribution in [0.25, 0.3) is 0 Å². The van der Waals surface area contributed by atoms with Crippen molar-refractivity contribution in [2.24, 2.45) is 0 Å². The standard InChI is InChI=1S/4K.3Na.H2O8S2.H2O4S2.H2O3S.H/c;;;;;;;1-9(2,3)7-8-10(4,5)6;1-5(2)6(3)4;1-4(2)3;/h;;;;;;;(H,1,2,3)(H,4,5,6);(H,1,2)(H,3,4);(H2,1,2,3);/q4*+1;;2*+1;;;;/p-6. The van der Waals surface area contributed by atoms with Crippen molar-refractivity contribution in [2.45, 2.75) is 0 Å². The molecule has 0 radical (unpaired) electrons. The third kappa shape index (κ3) is 94.7. The van der Waals surface area contributed by atoms with Crippen LogP contribution in [0.5, 0.6) is 0 Å². The van der Waals surface area contributed by atoms with Crippen molar-refractivity contribution >= 4 is 81.9 Å². The fraction of sp³-hybridized carbons (Fsp3) is 0. The van der Waals surface area contributed by atoms with Gasteiger partial charge in [-0.1, -0.05) is 0 Å². The summed E-state index contributed by atoms with van der Waals surface area (Å²) >= 11 is -3.11. The van der Waals surface area contributed by atoms with Gasteiger partial charge in [0.2, 0.25) is 20.8 Å². The average Bonchev–Trinajstić information content (AvgIpc) is 2.12. The molecule has 0 aromatic heterocycles. The first-order chi connectivity index (χ1) is 8.58. The zero-order chi connectivity index (χ0) is 17.1. The molecule has 0 amide bonds. The molecule has 0 spiro atoms. The Hall–Kier alpha value is 9.58. The summed E-state index contributed by atoms with van der Waals surface area (Å²) in [6.07, 6.45) is 0. The molecule has 15 nitrogen and oxygen atoms in total. The monoisotopic (exact) mass is 626 g/mol. The zero-order valence-electron chi connectivity index (χ0n) is 14.2. The van der Waals surface area contributed by atoms with Crippen molar-refractivity contribution in [2.75, 3.05) is 0 Å². The maximum atomic E-state index is 9.37. The Balaban J connectivity index is -0.0000000191. The second-order valence-corrected chi connectivity index (χ2v) is 6.33.